The summed E-state index contributed by atoms with van der Waals surface area (Å²) < 4.78 is 2.11. The molecule has 0 unspecified atom stereocenters. The molecule has 0 amide bonds. The van der Waals surface area contributed by atoms with Crippen LogP contribution in [0.4, 0.5) is 0 Å². The summed E-state index contributed by atoms with van der Waals surface area (Å²) in [5, 5.41) is 19.3. The Morgan fingerprint density at radius 1 is 1.22 bits per heavy atom. The summed E-state index contributed by atoms with van der Waals surface area (Å²) in [5.41, 5.74) is 2.63. The Kier molecular flexibility index (Phi) is 3.43. The zero-order valence-corrected chi connectivity index (χ0v) is 12.8. The Labute approximate surface area is 134 Å². The number of fused-ring (bicyclic) bond motifs is 2. The number of para-hydroxylation sites is 1. The Bertz CT molecular complexity index is 922. The number of aromatic amines is 1. The fraction of sp³-hybridized carbons (Fsp3) is 0.278. The van der Waals surface area contributed by atoms with Crippen LogP contribution in [-0.2, 0) is 13.0 Å². The number of H-pyrrole nitrogens is 1. The molecule has 0 saturated carbocycles. The van der Waals surface area contributed by atoms with Gasteiger partial charge < -0.3 is 9.55 Å². The molecule has 0 saturated heterocycles. The number of aromatic nitrogens is 4. The van der Waals surface area contributed by atoms with Crippen molar-refractivity contribution in [1.82, 2.24) is 19.7 Å². The van der Waals surface area contributed by atoms with Crippen LogP contribution in [-0.4, -0.2) is 19.7 Å². The van der Waals surface area contributed by atoms with Crippen LogP contribution in [0.5, 0.6) is 0 Å². The third-order valence-corrected chi connectivity index (χ3v) is 4.39. The molecule has 4 rings (SSSR count). The van der Waals surface area contributed by atoms with Gasteiger partial charge in [0.2, 0.25) is 0 Å². The smallest absolute Gasteiger partial charge is 0.174 e. The molecule has 3 heterocycles. The fourth-order valence-corrected chi connectivity index (χ4v) is 3.20. The van der Waals surface area contributed by atoms with E-state index in [9.17, 15) is 5.26 Å². The second-order valence-electron chi connectivity index (χ2n) is 5.86. The summed E-state index contributed by atoms with van der Waals surface area (Å²) in [6.07, 6.45) is 8.24. The quantitative estimate of drug-likeness (QED) is 0.736. The van der Waals surface area contributed by atoms with Crippen LogP contribution in [0, 0.1) is 11.3 Å². The van der Waals surface area contributed by atoms with E-state index in [1.165, 1.54) is 6.42 Å². The second-order valence-corrected chi connectivity index (χ2v) is 5.86. The van der Waals surface area contributed by atoms with Gasteiger partial charge in [0.1, 0.15) is 11.9 Å². The predicted octanol–water partition coefficient (Wildman–Crippen LogP) is 3.55. The van der Waals surface area contributed by atoms with E-state index in [2.05, 4.69) is 31.9 Å². The van der Waals surface area contributed by atoms with Gasteiger partial charge in [0, 0.05) is 35.6 Å². The van der Waals surface area contributed by atoms with Crippen LogP contribution in [0.3, 0.4) is 0 Å². The van der Waals surface area contributed by atoms with Crippen LogP contribution in [0.1, 0.15) is 36.5 Å². The summed E-state index contributed by atoms with van der Waals surface area (Å²) in [7, 11) is 0. The van der Waals surface area contributed by atoms with Gasteiger partial charge in [0.25, 0.3) is 0 Å². The highest BCUT2D eigenvalue weighted by Gasteiger charge is 2.18. The molecule has 23 heavy (non-hydrogen) atoms. The molecule has 3 aromatic rings. The van der Waals surface area contributed by atoms with Crippen molar-refractivity contribution in [2.75, 3.05) is 0 Å². The number of nitriles is 1. The third-order valence-electron chi connectivity index (χ3n) is 4.39. The van der Waals surface area contributed by atoms with E-state index in [1.807, 2.05) is 30.5 Å². The first-order valence-electron chi connectivity index (χ1n) is 7.97. The van der Waals surface area contributed by atoms with Crippen molar-refractivity contribution in [2.45, 2.75) is 32.2 Å². The molecule has 0 atom stereocenters. The summed E-state index contributed by atoms with van der Waals surface area (Å²) >= 11 is 0. The van der Waals surface area contributed by atoms with Crippen LogP contribution < -0.4 is 0 Å². The first kappa shape index (κ1) is 13.8. The second kappa shape index (κ2) is 5.73. The number of nitrogens with zero attached hydrogens (tertiary/aromatic N) is 4. The summed E-state index contributed by atoms with van der Waals surface area (Å²) in [4.78, 5) is 3.24. The number of aryl methyl sites for hydroxylation is 1. The average Bonchev–Trinajstić information content (AvgIpc) is 3.10. The molecular formula is C18H17N5. The van der Waals surface area contributed by atoms with Crippen LogP contribution in [0.25, 0.3) is 22.6 Å². The van der Waals surface area contributed by atoms with Gasteiger partial charge in [-0.05, 0) is 25.0 Å². The highest BCUT2D eigenvalue weighted by atomic mass is 15.3. The van der Waals surface area contributed by atoms with Gasteiger partial charge in [-0.2, -0.15) is 5.26 Å². The SMILES string of the molecule is N#C/C(=C\c1c[nH]c2ccccc12)c1nnc2n1CCCCC2. The molecule has 1 aromatic carbocycles. The Morgan fingerprint density at radius 3 is 3.04 bits per heavy atom. The predicted molar refractivity (Wildman–Crippen MR) is 89.4 cm³/mol. The van der Waals surface area contributed by atoms with E-state index in [4.69, 9.17) is 0 Å². The molecule has 0 spiro atoms. The lowest BCUT2D eigenvalue weighted by Gasteiger charge is -2.05. The largest absolute Gasteiger partial charge is 0.361 e. The van der Waals surface area contributed by atoms with Gasteiger partial charge >= 0.3 is 0 Å². The fourth-order valence-electron chi connectivity index (χ4n) is 3.20. The number of allylic oxidation sites excluding steroid dienone is 1. The lowest BCUT2D eigenvalue weighted by Crippen LogP contribution is -2.05. The van der Waals surface area contributed by atoms with Gasteiger partial charge in [-0.25, -0.2) is 0 Å². The molecule has 5 nitrogen and oxygen atoms in total. The normalized spacial score (nSPS) is 15.2. The maximum atomic E-state index is 9.63. The van der Waals surface area contributed by atoms with E-state index >= 15 is 0 Å². The van der Waals surface area contributed by atoms with E-state index in [0.717, 1.165) is 48.1 Å². The van der Waals surface area contributed by atoms with Crippen molar-refractivity contribution >= 4 is 22.6 Å². The van der Waals surface area contributed by atoms with E-state index in [1.54, 1.807) is 0 Å². The number of benzene rings is 1. The summed E-state index contributed by atoms with van der Waals surface area (Å²) in [6, 6.07) is 10.4. The van der Waals surface area contributed by atoms with E-state index < -0.39 is 0 Å². The standard InChI is InChI=1S/C18H17N5/c19-11-13(10-14-12-20-16-7-4-3-6-15(14)16)18-22-21-17-8-2-1-5-9-23(17)18/h3-4,6-7,10,12,20H,1-2,5,8-9H2/b13-10+. The zero-order chi connectivity index (χ0) is 15.6. The maximum absolute atomic E-state index is 9.63. The van der Waals surface area contributed by atoms with Gasteiger partial charge in [0.15, 0.2) is 5.82 Å². The molecule has 1 aliphatic heterocycles. The van der Waals surface area contributed by atoms with Crippen LogP contribution >= 0.6 is 0 Å². The van der Waals surface area contributed by atoms with E-state index in [0.29, 0.717) is 11.4 Å². The topological polar surface area (TPSA) is 70.3 Å². The Hall–Kier alpha value is -2.87. The monoisotopic (exact) mass is 303 g/mol. The molecular weight excluding hydrogens is 286 g/mol. The summed E-state index contributed by atoms with van der Waals surface area (Å²) in [5.74, 6) is 1.69. The van der Waals surface area contributed by atoms with Gasteiger partial charge in [-0.1, -0.05) is 24.6 Å². The molecule has 0 bridgehead atoms. The molecule has 2 aromatic heterocycles. The molecule has 114 valence electrons. The highest BCUT2D eigenvalue weighted by molar-refractivity contribution is 5.96. The molecule has 0 aliphatic carbocycles. The van der Waals surface area contributed by atoms with Gasteiger partial charge in [0.05, 0.1) is 5.57 Å². The number of hydrogen-bond donors (Lipinski definition) is 1. The highest BCUT2D eigenvalue weighted by Crippen LogP contribution is 2.25. The lowest BCUT2D eigenvalue weighted by atomic mass is 10.1. The zero-order valence-electron chi connectivity index (χ0n) is 12.8. The van der Waals surface area contributed by atoms with E-state index in [-0.39, 0.29) is 0 Å². The van der Waals surface area contributed by atoms with Crippen molar-refractivity contribution in [3.8, 4) is 6.07 Å². The Balaban J connectivity index is 1.80. The third kappa shape index (κ3) is 2.42. The molecule has 1 aliphatic rings. The molecule has 0 radical (unpaired) electrons. The van der Waals surface area contributed by atoms with Gasteiger partial charge in [-0.15, -0.1) is 10.2 Å². The number of rotatable bonds is 2. The van der Waals surface area contributed by atoms with Crippen molar-refractivity contribution < 1.29 is 0 Å². The minimum Gasteiger partial charge on any atom is -0.361 e. The minimum absolute atomic E-state index is 0.565. The number of hydrogen-bond acceptors (Lipinski definition) is 3. The van der Waals surface area contributed by atoms with Crippen molar-refractivity contribution in [3.05, 3.63) is 47.7 Å². The molecule has 1 N–H and O–H groups in total. The van der Waals surface area contributed by atoms with Crippen molar-refractivity contribution in [2.24, 2.45) is 0 Å². The first-order valence-corrected chi connectivity index (χ1v) is 7.97. The maximum Gasteiger partial charge on any atom is 0.174 e. The Morgan fingerprint density at radius 2 is 2.13 bits per heavy atom. The number of nitrogens with one attached hydrogen (secondary N) is 1. The van der Waals surface area contributed by atoms with Crippen LogP contribution in [0.2, 0.25) is 0 Å². The first-order chi connectivity index (χ1) is 11.4. The van der Waals surface area contributed by atoms with Crippen molar-refractivity contribution in [1.29, 1.82) is 5.26 Å². The average molecular weight is 303 g/mol. The molecule has 5 heteroatoms. The van der Waals surface area contributed by atoms with Crippen molar-refractivity contribution in [3.63, 3.8) is 0 Å². The van der Waals surface area contributed by atoms with Crippen LogP contribution in [0.15, 0.2) is 30.5 Å². The van der Waals surface area contributed by atoms with Gasteiger partial charge in [-0.3, -0.25) is 0 Å². The molecule has 0 fully saturated rings. The summed E-state index contributed by atoms with van der Waals surface area (Å²) in [6.45, 7) is 0.893. The lowest BCUT2D eigenvalue weighted by molar-refractivity contribution is 0.627. The minimum atomic E-state index is 0.565.